The van der Waals surface area contributed by atoms with Crippen molar-refractivity contribution in [2.45, 2.75) is 6.10 Å². The van der Waals surface area contributed by atoms with E-state index in [0.717, 1.165) is 11.4 Å². The van der Waals surface area contributed by atoms with Gasteiger partial charge in [-0.15, -0.1) is 11.6 Å². The highest BCUT2D eigenvalue weighted by molar-refractivity contribution is 6.18. The third-order valence-corrected chi connectivity index (χ3v) is 2.77. The van der Waals surface area contributed by atoms with Crippen LogP contribution in [0.4, 0.5) is 10.5 Å². The number of amides is 1. The molecule has 1 atom stereocenters. The lowest BCUT2D eigenvalue weighted by molar-refractivity contribution is 0.151. The van der Waals surface area contributed by atoms with E-state index in [4.69, 9.17) is 21.1 Å². The largest absolute Gasteiger partial charge is 0.497 e. The van der Waals surface area contributed by atoms with E-state index in [1.54, 1.807) is 24.1 Å². The van der Waals surface area contributed by atoms with E-state index in [-0.39, 0.29) is 12.2 Å². The molecule has 0 bridgehead atoms. The topological polar surface area (TPSA) is 38.8 Å². The molecule has 4 nitrogen and oxygen atoms in total. The van der Waals surface area contributed by atoms with Crippen LogP contribution in [0.25, 0.3) is 0 Å². The van der Waals surface area contributed by atoms with Crippen LogP contribution in [-0.2, 0) is 4.74 Å². The molecule has 0 radical (unpaired) electrons. The van der Waals surface area contributed by atoms with E-state index in [1.807, 2.05) is 12.1 Å². The smallest absolute Gasteiger partial charge is 0.414 e. The number of ether oxygens (including phenoxy) is 2. The lowest BCUT2D eigenvalue weighted by Crippen LogP contribution is -2.24. The van der Waals surface area contributed by atoms with Crippen LogP contribution < -0.4 is 9.64 Å². The summed E-state index contributed by atoms with van der Waals surface area (Å²) in [6.07, 6.45) is -0.577. The van der Waals surface area contributed by atoms with Gasteiger partial charge < -0.3 is 9.47 Å². The Kier molecular flexibility index (Phi) is 3.19. The predicted molar refractivity (Wildman–Crippen MR) is 61.3 cm³/mol. The molecule has 86 valence electrons. The summed E-state index contributed by atoms with van der Waals surface area (Å²) >= 11 is 5.65. The van der Waals surface area contributed by atoms with Crippen LogP contribution in [0.5, 0.6) is 5.75 Å². The van der Waals surface area contributed by atoms with Gasteiger partial charge in [-0.2, -0.15) is 0 Å². The van der Waals surface area contributed by atoms with Crippen molar-refractivity contribution in [2.24, 2.45) is 0 Å². The van der Waals surface area contributed by atoms with Gasteiger partial charge in [0.1, 0.15) is 11.9 Å². The van der Waals surface area contributed by atoms with Crippen LogP contribution in [0, 0.1) is 0 Å². The maximum absolute atomic E-state index is 11.5. The first-order chi connectivity index (χ1) is 7.74. The minimum atomic E-state index is -0.351. The van der Waals surface area contributed by atoms with Crippen molar-refractivity contribution in [2.75, 3.05) is 24.4 Å². The van der Waals surface area contributed by atoms with Crippen molar-refractivity contribution >= 4 is 23.4 Å². The summed E-state index contributed by atoms with van der Waals surface area (Å²) in [5.74, 6) is 1.07. The van der Waals surface area contributed by atoms with Gasteiger partial charge in [0.05, 0.1) is 19.5 Å². The number of carbonyl (C=O) groups is 1. The Bertz CT molecular complexity index is 379. The molecule has 1 aliphatic heterocycles. The fraction of sp³-hybridized carbons (Fsp3) is 0.364. The molecule has 0 aliphatic carbocycles. The molecular formula is C11H12ClNO3. The number of alkyl halides is 1. The Balaban J connectivity index is 2.15. The van der Waals surface area contributed by atoms with Crippen molar-refractivity contribution in [3.05, 3.63) is 24.3 Å². The molecule has 1 fully saturated rings. The van der Waals surface area contributed by atoms with Crippen LogP contribution in [-0.4, -0.2) is 31.7 Å². The van der Waals surface area contributed by atoms with Crippen molar-refractivity contribution in [3.63, 3.8) is 0 Å². The van der Waals surface area contributed by atoms with Crippen molar-refractivity contribution in [1.29, 1.82) is 0 Å². The first-order valence-corrected chi connectivity index (χ1v) is 5.46. The Morgan fingerprint density at radius 1 is 1.50 bits per heavy atom. The molecule has 1 aromatic rings. The molecule has 1 saturated heterocycles. The van der Waals surface area contributed by atoms with Crippen molar-refractivity contribution in [3.8, 4) is 5.75 Å². The lowest BCUT2D eigenvalue weighted by atomic mass is 10.2. The van der Waals surface area contributed by atoms with Gasteiger partial charge >= 0.3 is 6.09 Å². The highest BCUT2D eigenvalue weighted by Gasteiger charge is 2.31. The average Bonchev–Trinajstić information content (AvgIpc) is 2.71. The van der Waals surface area contributed by atoms with E-state index in [2.05, 4.69) is 0 Å². The van der Waals surface area contributed by atoms with Gasteiger partial charge in [0.25, 0.3) is 0 Å². The first kappa shape index (κ1) is 11.1. The molecule has 5 heteroatoms. The van der Waals surface area contributed by atoms with Crippen LogP contribution in [0.15, 0.2) is 24.3 Å². The molecule has 2 rings (SSSR count). The second-order valence-electron chi connectivity index (χ2n) is 3.47. The van der Waals surface area contributed by atoms with Crippen molar-refractivity contribution in [1.82, 2.24) is 0 Å². The monoisotopic (exact) mass is 241 g/mol. The van der Waals surface area contributed by atoms with E-state index >= 15 is 0 Å². The van der Waals surface area contributed by atoms with E-state index in [1.165, 1.54) is 0 Å². The van der Waals surface area contributed by atoms with Gasteiger partial charge in [-0.1, -0.05) is 0 Å². The zero-order chi connectivity index (χ0) is 11.5. The molecule has 1 aromatic carbocycles. The molecular weight excluding hydrogens is 230 g/mol. The van der Waals surface area contributed by atoms with Crippen LogP contribution in [0.3, 0.4) is 0 Å². The van der Waals surface area contributed by atoms with E-state index in [0.29, 0.717) is 12.4 Å². The summed E-state index contributed by atoms with van der Waals surface area (Å²) in [6.45, 7) is 0.495. The van der Waals surface area contributed by atoms with Gasteiger partial charge in [0.15, 0.2) is 0 Å². The number of anilines is 1. The Hall–Kier alpha value is -1.42. The maximum atomic E-state index is 11.5. The summed E-state index contributed by atoms with van der Waals surface area (Å²) in [5, 5.41) is 0. The molecule has 0 saturated carbocycles. The molecule has 1 heterocycles. The standard InChI is InChI=1S/C11H12ClNO3/c1-15-9-4-2-8(3-5-9)13-7-10(6-12)16-11(13)14/h2-5,10H,6-7H2,1H3. The minimum Gasteiger partial charge on any atom is -0.497 e. The number of carbonyl (C=O) groups excluding carboxylic acids is 1. The van der Waals surface area contributed by atoms with Crippen LogP contribution in [0.2, 0.25) is 0 Å². The molecule has 1 amide bonds. The highest BCUT2D eigenvalue weighted by atomic mass is 35.5. The van der Waals surface area contributed by atoms with Gasteiger partial charge in [0, 0.05) is 5.69 Å². The second-order valence-corrected chi connectivity index (χ2v) is 3.78. The SMILES string of the molecule is COc1ccc(N2CC(CCl)OC2=O)cc1. The summed E-state index contributed by atoms with van der Waals surface area (Å²) in [4.78, 5) is 13.1. The number of hydrogen-bond donors (Lipinski definition) is 0. The molecule has 0 N–H and O–H groups in total. The summed E-state index contributed by atoms with van der Waals surface area (Å²) < 4.78 is 10.1. The number of halogens is 1. The van der Waals surface area contributed by atoms with Crippen LogP contribution >= 0.6 is 11.6 Å². The second kappa shape index (κ2) is 4.61. The third kappa shape index (κ3) is 2.07. The Labute approximate surface area is 98.7 Å². The summed E-state index contributed by atoms with van der Waals surface area (Å²) in [6, 6.07) is 7.24. The molecule has 0 spiro atoms. The van der Waals surface area contributed by atoms with E-state index < -0.39 is 0 Å². The zero-order valence-corrected chi connectivity index (χ0v) is 9.61. The van der Waals surface area contributed by atoms with Gasteiger partial charge in [-0.05, 0) is 24.3 Å². The third-order valence-electron chi connectivity index (χ3n) is 2.43. The normalized spacial score (nSPS) is 19.8. The highest BCUT2D eigenvalue weighted by Crippen LogP contribution is 2.24. The Morgan fingerprint density at radius 3 is 2.69 bits per heavy atom. The number of rotatable bonds is 3. The minimum absolute atomic E-state index is 0.226. The number of hydrogen-bond acceptors (Lipinski definition) is 3. The van der Waals surface area contributed by atoms with Gasteiger partial charge in [0.2, 0.25) is 0 Å². The summed E-state index contributed by atoms with van der Waals surface area (Å²) in [5.41, 5.74) is 0.790. The number of nitrogens with zero attached hydrogens (tertiary/aromatic N) is 1. The molecule has 16 heavy (non-hydrogen) atoms. The van der Waals surface area contributed by atoms with E-state index in [9.17, 15) is 4.79 Å². The number of benzene rings is 1. The van der Waals surface area contributed by atoms with Crippen LogP contribution in [0.1, 0.15) is 0 Å². The quantitative estimate of drug-likeness (QED) is 0.762. The summed E-state index contributed by atoms with van der Waals surface area (Å²) in [7, 11) is 1.60. The fourth-order valence-corrected chi connectivity index (χ4v) is 1.74. The lowest BCUT2D eigenvalue weighted by Gasteiger charge is -2.12. The Morgan fingerprint density at radius 2 is 2.19 bits per heavy atom. The molecule has 0 aromatic heterocycles. The van der Waals surface area contributed by atoms with Gasteiger partial charge in [-0.25, -0.2) is 4.79 Å². The van der Waals surface area contributed by atoms with Gasteiger partial charge in [-0.3, -0.25) is 4.90 Å². The zero-order valence-electron chi connectivity index (χ0n) is 8.85. The predicted octanol–water partition coefficient (Wildman–Crippen LogP) is 2.26. The maximum Gasteiger partial charge on any atom is 0.414 e. The number of methoxy groups -OCH3 is 1. The number of cyclic esters (lactones) is 1. The van der Waals surface area contributed by atoms with Crippen molar-refractivity contribution < 1.29 is 14.3 Å². The molecule has 1 unspecified atom stereocenters. The fourth-order valence-electron chi connectivity index (χ4n) is 1.57. The first-order valence-electron chi connectivity index (χ1n) is 4.92. The average molecular weight is 242 g/mol. The molecule has 1 aliphatic rings.